The number of aromatic nitrogens is 2. The average Bonchev–Trinajstić information content (AvgIpc) is 2.72. The van der Waals surface area contributed by atoms with Crippen molar-refractivity contribution in [1.82, 2.24) is 9.78 Å². The predicted molar refractivity (Wildman–Crippen MR) is 67.6 cm³/mol. The average molecular weight is 286 g/mol. The van der Waals surface area contributed by atoms with Gasteiger partial charge in [0.25, 0.3) is 12.3 Å². The van der Waals surface area contributed by atoms with E-state index < -0.39 is 12.3 Å². The third-order valence-electron chi connectivity index (χ3n) is 2.47. The van der Waals surface area contributed by atoms with E-state index in [1.807, 2.05) is 0 Å². The topological polar surface area (TPSA) is 46.9 Å². The SMILES string of the molecule is Cn1nc(C(F)F)cc1NC(=O)c1ccc(Cl)cc1. The molecular formula is C12H10ClF2N3O. The Balaban J connectivity index is 2.17. The number of alkyl halides is 2. The molecule has 0 aliphatic heterocycles. The van der Waals surface area contributed by atoms with E-state index in [0.717, 1.165) is 6.07 Å². The normalized spacial score (nSPS) is 10.8. The molecule has 1 amide bonds. The van der Waals surface area contributed by atoms with Crippen LogP contribution in [-0.2, 0) is 7.05 Å². The van der Waals surface area contributed by atoms with Crippen molar-refractivity contribution in [3.05, 3.63) is 46.6 Å². The van der Waals surface area contributed by atoms with Crippen LogP contribution in [0.3, 0.4) is 0 Å². The largest absolute Gasteiger partial charge is 0.307 e. The summed E-state index contributed by atoms with van der Waals surface area (Å²) in [6.07, 6.45) is -2.67. The number of nitrogens with zero attached hydrogens (tertiary/aromatic N) is 2. The molecule has 0 fully saturated rings. The summed E-state index contributed by atoms with van der Waals surface area (Å²) < 4.78 is 26.1. The second-order valence-electron chi connectivity index (χ2n) is 3.84. The van der Waals surface area contributed by atoms with Gasteiger partial charge in [-0.05, 0) is 24.3 Å². The monoisotopic (exact) mass is 285 g/mol. The van der Waals surface area contributed by atoms with E-state index >= 15 is 0 Å². The number of hydrogen-bond acceptors (Lipinski definition) is 2. The van der Waals surface area contributed by atoms with E-state index in [9.17, 15) is 13.6 Å². The Morgan fingerprint density at radius 3 is 2.53 bits per heavy atom. The molecule has 2 rings (SSSR count). The molecule has 0 radical (unpaired) electrons. The van der Waals surface area contributed by atoms with Gasteiger partial charge in [0.15, 0.2) is 0 Å². The van der Waals surface area contributed by atoms with Crippen LogP contribution in [0.1, 0.15) is 22.5 Å². The van der Waals surface area contributed by atoms with Crippen LogP contribution in [0.4, 0.5) is 14.6 Å². The van der Waals surface area contributed by atoms with Crippen molar-refractivity contribution in [3.8, 4) is 0 Å². The molecule has 0 atom stereocenters. The Morgan fingerprint density at radius 2 is 2.00 bits per heavy atom. The number of benzene rings is 1. The van der Waals surface area contributed by atoms with Gasteiger partial charge in [-0.25, -0.2) is 8.78 Å². The summed E-state index contributed by atoms with van der Waals surface area (Å²) in [5.74, 6) is -0.212. The molecule has 0 aliphatic carbocycles. The summed E-state index contributed by atoms with van der Waals surface area (Å²) in [6.45, 7) is 0. The van der Waals surface area contributed by atoms with Gasteiger partial charge in [0.2, 0.25) is 0 Å². The Kier molecular flexibility index (Phi) is 3.80. The number of carbonyl (C=O) groups excluding carboxylic acids is 1. The van der Waals surface area contributed by atoms with Crippen molar-refractivity contribution in [2.24, 2.45) is 7.05 Å². The van der Waals surface area contributed by atoms with Gasteiger partial charge in [-0.1, -0.05) is 11.6 Å². The fraction of sp³-hybridized carbons (Fsp3) is 0.167. The first-order chi connectivity index (χ1) is 8.97. The number of hydrogen-bond donors (Lipinski definition) is 1. The van der Waals surface area contributed by atoms with Gasteiger partial charge >= 0.3 is 0 Å². The van der Waals surface area contributed by atoms with Crippen LogP contribution in [0.5, 0.6) is 0 Å². The molecule has 2 aromatic rings. The fourth-order valence-corrected chi connectivity index (χ4v) is 1.63. The first-order valence-electron chi connectivity index (χ1n) is 5.36. The summed E-state index contributed by atoms with van der Waals surface area (Å²) in [6, 6.07) is 7.37. The maximum absolute atomic E-state index is 12.5. The zero-order valence-corrected chi connectivity index (χ0v) is 10.7. The van der Waals surface area contributed by atoms with Crippen LogP contribution in [0.2, 0.25) is 5.02 Å². The lowest BCUT2D eigenvalue weighted by Crippen LogP contribution is -2.14. The van der Waals surface area contributed by atoms with Crippen LogP contribution in [-0.4, -0.2) is 15.7 Å². The molecule has 0 unspecified atom stereocenters. The molecule has 1 aromatic carbocycles. The van der Waals surface area contributed by atoms with Gasteiger partial charge in [0.1, 0.15) is 11.5 Å². The van der Waals surface area contributed by atoms with Crippen molar-refractivity contribution >= 4 is 23.3 Å². The number of aryl methyl sites for hydroxylation is 1. The molecule has 1 aromatic heterocycles. The predicted octanol–water partition coefficient (Wildman–Crippen LogP) is 3.26. The maximum atomic E-state index is 12.5. The number of amides is 1. The van der Waals surface area contributed by atoms with Gasteiger partial charge in [-0.3, -0.25) is 9.48 Å². The summed E-state index contributed by atoms with van der Waals surface area (Å²) in [5.41, 5.74) is -0.00176. The number of anilines is 1. The molecule has 0 saturated heterocycles. The van der Waals surface area contributed by atoms with Crippen molar-refractivity contribution in [1.29, 1.82) is 0 Å². The summed E-state index contributed by atoms with van der Waals surface area (Å²) in [4.78, 5) is 11.9. The molecule has 100 valence electrons. The minimum atomic E-state index is -2.67. The zero-order valence-electron chi connectivity index (χ0n) is 9.90. The van der Waals surface area contributed by atoms with Crippen molar-refractivity contribution in [2.75, 3.05) is 5.32 Å². The summed E-state index contributed by atoms with van der Waals surface area (Å²) in [7, 11) is 1.48. The summed E-state index contributed by atoms with van der Waals surface area (Å²) in [5, 5.41) is 6.62. The Labute approximate surface area is 113 Å². The molecule has 4 nitrogen and oxygen atoms in total. The number of nitrogens with one attached hydrogen (secondary N) is 1. The van der Waals surface area contributed by atoms with Crippen LogP contribution >= 0.6 is 11.6 Å². The minimum Gasteiger partial charge on any atom is -0.307 e. The minimum absolute atomic E-state index is 0.204. The Morgan fingerprint density at radius 1 is 1.37 bits per heavy atom. The molecule has 0 spiro atoms. The first kappa shape index (κ1) is 13.5. The third-order valence-corrected chi connectivity index (χ3v) is 2.72. The van der Waals surface area contributed by atoms with Crippen LogP contribution in [0, 0.1) is 0 Å². The molecule has 1 N–H and O–H groups in total. The molecule has 0 aliphatic rings. The Hall–Kier alpha value is -1.95. The molecule has 0 bridgehead atoms. The second kappa shape index (κ2) is 5.36. The van der Waals surface area contributed by atoms with Crippen LogP contribution in [0.25, 0.3) is 0 Å². The second-order valence-corrected chi connectivity index (χ2v) is 4.28. The number of halogens is 3. The lowest BCUT2D eigenvalue weighted by atomic mass is 10.2. The maximum Gasteiger partial charge on any atom is 0.282 e. The lowest BCUT2D eigenvalue weighted by molar-refractivity contribution is 0.102. The Bertz CT molecular complexity index is 596. The van der Waals surface area contributed by atoms with E-state index in [0.29, 0.717) is 10.6 Å². The van der Waals surface area contributed by atoms with Crippen LogP contribution < -0.4 is 5.32 Å². The van der Waals surface area contributed by atoms with E-state index in [-0.39, 0.29) is 11.5 Å². The van der Waals surface area contributed by atoms with Gasteiger partial charge in [0.05, 0.1) is 0 Å². The highest BCUT2D eigenvalue weighted by Gasteiger charge is 2.15. The summed E-state index contributed by atoms with van der Waals surface area (Å²) >= 11 is 5.71. The smallest absolute Gasteiger partial charge is 0.282 e. The molecule has 1 heterocycles. The highest BCUT2D eigenvalue weighted by Crippen LogP contribution is 2.21. The van der Waals surface area contributed by atoms with Crippen molar-refractivity contribution < 1.29 is 13.6 Å². The van der Waals surface area contributed by atoms with Gasteiger partial charge in [0, 0.05) is 23.7 Å². The van der Waals surface area contributed by atoms with Crippen molar-refractivity contribution in [2.45, 2.75) is 6.43 Å². The van der Waals surface area contributed by atoms with E-state index in [1.165, 1.54) is 11.7 Å². The first-order valence-corrected chi connectivity index (χ1v) is 5.74. The van der Waals surface area contributed by atoms with E-state index in [2.05, 4.69) is 10.4 Å². The molecule has 0 saturated carbocycles. The van der Waals surface area contributed by atoms with E-state index in [4.69, 9.17) is 11.6 Å². The highest BCUT2D eigenvalue weighted by molar-refractivity contribution is 6.30. The standard InChI is InChI=1S/C12H10ClF2N3O/c1-18-10(6-9(17-18)11(14)15)16-12(19)7-2-4-8(13)5-3-7/h2-6,11H,1H3,(H,16,19). The number of rotatable bonds is 3. The third kappa shape index (κ3) is 3.08. The van der Waals surface area contributed by atoms with Gasteiger partial charge in [-0.2, -0.15) is 5.10 Å². The zero-order chi connectivity index (χ0) is 14.0. The lowest BCUT2D eigenvalue weighted by Gasteiger charge is -2.04. The molecule has 7 heteroatoms. The molecular weight excluding hydrogens is 276 g/mol. The fourth-order valence-electron chi connectivity index (χ4n) is 1.50. The van der Waals surface area contributed by atoms with E-state index in [1.54, 1.807) is 24.3 Å². The van der Waals surface area contributed by atoms with Gasteiger partial charge < -0.3 is 5.32 Å². The number of carbonyl (C=O) groups is 1. The van der Waals surface area contributed by atoms with Crippen LogP contribution in [0.15, 0.2) is 30.3 Å². The van der Waals surface area contributed by atoms with Crippen molar-refractivity contribution in [3.63, 3.8) is 0 Å². The molecule has 19 heavy (non-hydrogen) atoms. The highest BCUT2D eigenvalue weighted by atomic mass is 35.5. The quantitative estimate of drug-likeness (QED) is 0.941. The van der Waals surface area contributed by atoms with Gasteiger partial charge in [-0.15, -0.1) is 0 Å².